The monoisotopic (exact) mass is 394 g/mol. The van der Waals surface area contributed by atoms with Gasteiger partial charge in [-0.15, -0.1) is 0 Å². The van der Waals surface area contributed by atoms with E-state index >= 15 is 0 Å². The molecule has 3 atom stereocenters. The smallest absolute Gasteiger partial charge is 0.287 e. The average Bonchev–Trinajstić information content (AvgIpc) is 3.24. The molecule has 146 valence electrons. The number of hydrogen-bond donors (Lipinski definition) is 2. The number of aliphatic hydroxyl groups excluding tert-OH is 1. The van der Waals surface area contributed by atoms with E-state index in [1.807, 2.05) is 0 Å². The van der Waals surface area contributed by atoms with Crippen LogP contribution in [0.15, 0.2) is 22.6 Å². The molecular weight excluding hydrogens is 372 g/mol. The number of morpholine rings is 1. The van der Waals surface area contributed by atoms with Crippen molar-refractivity contribution in [1.82, 2.24) is 10.2 Å². The summed E-state index contributed by atoms with van der Waals surface area (Å²) in [6, 6.07) is 5.43. The van der Waals surface area contributed by atoms with Crippen molar-refractivity contribution in [3.63, 3.8) is 0 Å². The van der Waals surface area contributed by atoms with Gasteiger partial charge in [-0.1, -0.05) is 11.6 Å². The summed E-state index contributed by atoms with van der Waals surface area (Å²) in [4.78, 5) is 15.0. The molecule has 0 spiro atoms. The summed E-state index contributed by atoms with van der Waals surface area (Å²) in [5.41, 5.74) is 0.510. The Morgan fingerprint density at radius 1 is 1.41 bits per heavy atom. The van der Waals surface area contributed by atoms with Gasteiger partial charge in [0.25, 0.3) is 5.91 Å². The number of methoxy groups -OCH3 is 1. The van der Waals surface area contributed by atoms with Crippen LogP contribution in [0.4, 0.5) is 0 Å². The van der Waals surface area contributed by atoms with Gasteiger partial charge in [0.1, 0.15) is 0 Å². The Morgan fingerprint density at radius 3 is 3.04 bits per heavy atom. The average molecular weight is 395 g/mol. The number of furan rings is 1. The van der Waals surface area contributed by atoms with Crippen LogP contribution in [-0.2, 0) is 4.74 Å². The molecule has 0 unspecified atom stereocenters. The first-order valence-electron chi connectivity index (χ1n) is 9.12. The van der Waals surface area contributed by atoms with Crippen molar-refractivity contribution in [3.8, 4) is 5.75 Å². The van der Waals surface area contributed by atoms with Crippen LogP contribution < -0.4 is 10.1 Å². The van der Waals surface area contributed by atoms with Gasteiger partial charge in [-0.2, -0.15) is 0 Å². The van der Waals surface area contributed by atoms with Crippen molar-refractivity contribution in [1.29, 1.82) is 0 Å². The number of carbonyl (C=O) groups is 1. The topological polar surface area (TPSA) is 84.2 Å². The standard InChI is InChI=1S/C19H23ClN2O5/c1-25-16-6-12(20)4-11-5-17(27-18(11)16)19(24)21-13-7-14-10-26-15(2-3-23)9-22(14)8-13/h4-6,13-15,23H,2-3,7-10H2,1H3,(H,21,24)/t13-,14-,15-/m0/s1. The van der Waals surface area contributed by atoms with E-state index in [9.17, 15) is 4.79 Å². The van der Waals surface area contributed by atoms with Gasteiger partial charge in [0, 0.05) is 48.3 Å². The Balaban J connectivity index is 1.43. The number of fused-ring (bicyclic) bond motifs is 2. The van der Waals surface area contributed by atoms with E-state index in [0.29, 0.717) is 35.4 Å². The normalized spacial score (nSPS) is 25.5. The predicted octanol–water partition coefficient (Wildman–Crippen LogP) is 2.05. The summed E-state index contributed by atoms with van der Waals surface area (Å²) in [6.07, 6.45) is 1.55. The zero-order chi connectivity index (χ0) is 19.0. The van der Waals surface area contributed by atoms with E-state index in [-0.39, 0.29) is 30.4 Å². The molecule has 2 aliphatic heterocycles. The second kappa shape index (κ2) is 7.67. The van der Waals surface area contributed by atoms with Gasteiger partial charge in [0.15, 0.2) is 17.1 Å². The Labute approximate surface area is 162 Å². The third kappa shape index (κ3) is 3.78. The molecule has 2 N–H and O–H groups in total. The van der Waals surface area contributed by atoms with Gasteiger partial charge in [0.2, 0.25) is 0 Å². The van der Waals surface area contributed by atoms with Crippen LogP contribution in [0.2, 0.25) is 5.02 Å². The van der Waals surface area contributed by atoms with Gasteiger partial charge in [-0.25, -0.2) is 0 Å². The molecule has 2 aliphatic rings. The minimum atomic E-state index is -0.248. The molecule has 0 bridgehead atoms. The molecule has 8 heteroatoms. The highest BCUT2D eigenvalue weighted by molar-refractivity contribution is 6.31. The summed E-state index contributed by atoms with van der Waals surface area (Å²) in [5.74, 6) is 0.494. The maximum atomic E-state index is 12.7. The fourth-order valence-corrected chi connectivity index (χ4v) is 4.19. The number of halogens is 1. The molecule has 0 aliphatic carbocycles. The lowest BCUT2D eigenvalue weighted by Gasteiger charge is -2.34. The van der Waals surface area contributed by atoms with Gasteiger partial charge in [-0.05, 0) is 25.0 Å². The maximum absolute atomic E-state index is 12.7. The van der Waals surface area contributed by atoms with Crippen LogP contribution in [-0.4, -0.2) is 67.5 Å². The van der Waals surface area contributed by atoms with Gasteiger partial charge in [0.05, 0.1) is 19.8 Å². The molecule has 3 heterocycles. The highest BCUT2D eigenvalue weighted by Gasteiger charge is 2.38. The van der Waals surface area contributed by atoms with Crippen molar-refractivity contribution in [2.24, 2.45) is 0 Å². The Hall–Kier alpha value is -1.80. The zero-order valence-corrected chi connectivity index (χ0v) is 15.9. The lowest BCUT2D eigenvalue weighted by atomic mass is 10.1. The summed E-state index contributed by atoms with van der Waals surface area (Å²) in [5, 5.41) is 13.4. The maximum Gasteiger partial charge on any atom is 0.287 e. The SMILES string of the molecule is COc1cc(Cl)cc2cc(C(=O)N[C@H]3C[C@H]4CO[C@@H](CCO)CN4C3)oc12. The number of nitrogens with zero attached hydrogens (tertiary/aromatic N) is 1. The fraction of sp³-hybridized carbons (Fsp3) is 0.526. The first-order chi connectivity index (χ1) is 13.1. The number of nitrogens with one attached hydrogen (secondary N) is 1. The molecule has 2 saturated heterocycles. The first-order valence-corrected chi connectivity index (χ1v) is 9.49. The molecular formula is C19H23ClN2O5. The number of aliphatic hydroxyl groups is 1. The Kier molecular flexibility index (Phi) is 5.27. The molecule has 1 aromatic heterocycles. The molecule has 7 nitrogen and oxygen atoms in total. The van der Waals surface area contributed by atoms with Crippen LogP contribution in [0, 0.1) is 0 Å². The summed E-state index contributed by atoms with van der Waals surface area (Å²) < 4.78 is 16.8. The van der Waals surface area contributed by atoms with Gasteiger partial charge in [-0.3, -0.25) is 9.69 Å². The lowest BCUT2D eigenvalue weighted by molar-refractivity contribution is -0.0566. The van der Waals surface area contributed by atoms with Crippen molar-refractivity contribution in [3.05, 3.63) is 29.0 Å². The van der Waals surface area contributed by atoms with E-state index in [4.69, 9.17) is 30.6 Å². The molecule has 0 radical (unpaired) electrons. The predicted molar refractivity (Wildman–Crippen MR) is 100 cm³/mol. The fourth-order valence-electron chi connectivity index (χ4n) is 3.97. The van der Waals surface area contributed by atoms with E-state index < -0.39 is 0 Å². The molecule has 4 rings (SSSR count). The van der Waals surface area contributed by atoms with Crippen molar-refractivity contribution in [2.45, 2.75) is 31.0 Å². The van der Waals surface area contributed by atoms with E-state index in [2.05, 4.69) is 10.2 Å². The van der Waals surface area contributed by atoms with Crippen molar-refractivity contribution < 1.29 is 23.8 Å². The number of amides is 1. The van der Waals surface area contributed by atoms with Crippen LogP contribution >= 0.6 is 11.6 Å². The quantitative estimate of drug-likeness (QED) is 0.807. The number of benzene rings is 1. The van der Waals surface area contributed by atoms with Gasteiger partial charge < -0.3 is 24.3 Å². The largest absolute Gasteiger partial charge is 0.493 e. The van der Waals surface area contributed by atoms with Crippen LogP contribution in [0.3, 0.4) is 0 Å². The minimum absolute atomic E-state index is 0.0395. The van der Waals surface area contributed by atoms with Gasteiger partial charge >= 0.3 is 0 Å². The number of ether oxygens (including phenoxy) is 2. The van der Waals surface area contributed by atoms with E-state index in [1.165, 1.54) is 7.11 Å². The summed E-state index contributed by atoms with van der Waals surface area (Å²) >= 11 is 6.08. The van der Waals surface area contributed by atoms with Crippen molar-refractivity contribution in [2.75, 3.05) is 33.4 Å². The third-order valence-electron chi connectivity index (χ3n) is 5.27. The van der Waals surface area contributed by atoms with Crippen LogP contribution in [0.5, 0.6) is 5.75 Å². The number of hydrogen-bond acceptors (Lipinski definition) is 6. The Morgan fingerprint density at radius 2 is 2.26 bits per heavy atom. The third-order valence-corrected chi connectivity index (χ3v) is 5.49. The first kappa shape index (κ1) is 18.6. The van der Waals surface area contributed by atoms with Crippen LogP contribution in [0.25, 0.3) is 11.0 Å². The van der Waals surface area contributed by atoms with Crippen molar-refractivity contribution >= 4 is 28.5 Å². The van der Waals surface area contributed by atoms with Crippen LogP contribution in [0.1, 0.15) is 23.4 Å². The van der Waals surface area contributed by atoms with E-state index in [0.717, 1.165) is 24.9 Å². The second-order valence-corrected chi connectivity index (χ2v) is 7.55. The molecule has 1 amide bonds. The Bertz CT molecular complexity index is 839. The summed E-state index contributed by atoms with van der Waals surface area (Å²) in [7, 11) is 1.54. The lowest BCUT2D eigenvalue weighted by Crippen LogP contribution is -2.46. The molecule has 2 fully saturated rings. The molecule has 1 aromatic carbocycles. The molecule has 2 aromatic rings. The number of carbonyl (C=O) groups excluding carboxylic acids is 1. The second-order valence-electron chi connectivity index (χ2n) is 7.12. The molecule has 27 heavy (non-hydrogen) atoms. The highest BCUT2D eigenvalue weighted by Crippen LogP contribution is 2.32. The zero-order valence-electron chi connectivity index (χ0n) is 15.1. The highest BCUT2D eigenvalue weighted by atomic mass is 35.5. The summed E-state index contributed by atoms with van der Waals surface area (Å²) in [6.45, 7) is 2.33. The minimum Gasteiger partial charge on any atom is -0.493 e. The number of rotatable bonds is 5. The molecule has 0 saturated carbocycles. The van der Waals surface area contributed by atoms with E-state index in [1.54, 1.807) is 18.2 Å².